The zero-order valence-corrected chi connectivity index (χ0v) is 11.0. The zero-order chi connectivity index (χ0) is 13.9. The minimum atomic E-state index is -0.323. The number of benzene rings is 1. The third kappa shape index (κ3) is 2.31. The fourth-order valence-corrected chi connectivity index (χ4v) is 2.09. The predicted octanol–water partition coefficient (Wildman–Crippen LogP) is 2.08. The lowest BCUT2D eigenvalue weighted by molar-refractivity contribution is 0.395. The van der Waals surface area contributed by atoms with Crippen molar-refractivity contribution in [2.24, 2.45) is 5.73 Å². The lowest BCUT2D eigenvalue weighted by Gasteiger charge is -2.12. The normalized spacial score (nSPS) is 12.3. The first kappa shape index (κ1) is 12.5. The molecule has 2 heterocycles. The van der Waals surface area contributed by atoms with Gasteiger partial charge in [-0.3, -0.25) is 4.98 Å². The van der Waals surface area contributed by atoms with Gasteiger partial charge in [-0.25, -0.2) is 9.97 Å². The van der Waals surface area contributed by atoms with Crippen LogP contribution in [0.1, 0.15) is 17.3 Å². The van der Waals surface area contributed by atoms with Crippen molar-refractivity contribution in [3.8, 4) is 5.88 Å². The fourth-order valence-electron chi connectivity index (χ4n) is 2.09. The van der Waals surface area contributed by atoms with Crippen molar-refractivity contribution in [1.29, 1.82) is 0 Å². The molecule has 0 aliphatic rings. The second-order valence-electron chi connectivity index (χ2n) is 4.42. The van der Waals surface area contributed by atoms with Crippen molar-refractivity contribution < 1.29 is 4.74 Å². The SMILES string of the molecule is COc1cc(C(N)c2ccc3ncccc3c2)ncn1. The zero-order valence-electron chi connectivity index (χ0n) is 11.0. The van der Waals surface area contributed by atoms with Crippen molar-refractivity contribution in [2.45, 2.75) is 6.04 Å². The van der Waals surface area contributed by atoms with Crippen LogP contribution in [0.3, 0.4) is 0 Å². The number of ether oxygens (including phenoxy) is 1. The summed E-state index contributed by atoms with van der Waals surface area (Å²) in [6.07, 6.45) is 3.23. The number of hydrogen-bond acceptors (Lipinski definition) is 5. The number of nitrogens with zero attached hydrogens (tertiary/aromatic N) is 3. The summed E-state index contributed by atoms with van der Waals surface area (Å²) in [6.45, 7) is 0. The second kappa shape index (κ2) is 5.22. The maximum absolute atomic E-state index is 6.26. The molecular formula is C15H14N4O. The number of fused-ring (bicyclic) bond motifs is 1. The Hall–Kier alpha value is -2.53. The molecule has 0 aliphatic carbocycles. The Labute approximate surface area is 116 Å². The molecule has 20 heavy (non-hydrogen) atoms. The van der Waals surface area contributed by atoms with E-state index in [0.29, 0.717) is 5.88 Å². The number of hydrogen-bond donors (Lipinski definition) is 1. The molecule has 1 unspecified atom stereocenters. The number of rotatable bonds is 3. The number of nitrogens with two attached hydrogens (primary N) is 1. The molecule has 0 spiro atoms. The average Bonchev–Trinajstić information content (AvgIpc) is 2.53. The molecular weight excluding hydrogens is 252 g/mol. The molecule has 5 nitrogen and oxygen atoms in total. The first-order valence-corrected chi connectivity index (χ1v) is 6.24. The van der Waals surface area contributed by atoms with Gasteiger partial charge in [-0.2, -0.15) is 0 Å². The molecule has 0 bridgehead atoms. The molecule has 2 aromatic heterocycles. The van der Waals surface area contributed by atoms with Crippen LogP contribution in [-0.4, -0.2) is 22.1 Å². The summed E-state index contributed by atoms with van der Waals surface area (Å²) >= 11 is 0. The van der Waals surface area contributed by atoms with Crippen LogP contribution in [-0.2, 0) is 0 Å². The maximum atomic E-state index is 6.26. The van der Waals surface area contributed by atoms with Crippen LogP contribution >= 0.6 is 0 Å². The number of aromatic nitrogens is 3. The highest BCUT2D eigenvalue weighted by atomic mass is 16.5. The van der Waals surface area contributed by atoms with Gasteiger partial charge in [0.25, 0.3) is 0 Å². The molecule has 2 N–H and O–H groups in total. The van der Waals surface area contributed by atoms with Crippen molar-refractivity contribution in [3.63, 3.8) is 0 Å². The van der Waals surface area contributed by atoms with Crippen LogP contribution in [0.15, 0.2) is 48.9 Å². The van der Waals surface area contributed by atoms with Crippen molar-refractivity contribution in [1.82, 2.24) is 15.0 Å². The first-order valence-electron chi connectivity index (χ1n) is 6.24. The molecule has 0 fully saturated rings. The summed E-state index contributed by atoms with van der Waals surface area (Å²) < 4.78 is 5.09. The third-order valence-electron chi connectivity index (χ3n) is 3.18. The summed E-state index contributed by atoms with van der Waals surface area (Å²) in [5.74, 6) is 0.507. The van der Waals surface area contributed by atoms with E-state index in [-0.39, 0.29) is 6.04 Å². The third-order valence-corrected chi connectivity index (χ3v) is 3.18. The van der Waals surface area contributed by atoms with Crippen LogP contribution in [0.5, 0.6) is 5.88 Å². The highest BCUT2D eigenvalue weighted by Gasteiger charge is 2.12. The highest BCUT2D eigenvalue weighted by Crippen LogP contribution is 2.23. The van der Waals surface area contributed by atoms with Gasteiger partial charge in [0.2, 0.25) is 5.88 Å². The molecule has 0 amide bonds. The van der Waals surface area contributed by atoms with Gasteiger partial charge >= 0.3 is 0 Å². The summed E-state index contributed by atoms with van der Waals surface area (Å²) in [5.41, 5.74) is 8.91. The second-order valence-corrected chi connectivity index (χ2v) is 4.42. The van der Waals surface area contributed by atoms with Crippen LogP contribution in [0.2, 0.25) is 0 Å². The molecule has 3 aromatic rings. The Balaban J connectivity index is 2.00. The molecule has 1 aromatic carbocycles. The summed E-state index contributed by atoms with van der Waals surface area (Å²) in [5, 5.41) is 1.06. The van der Waals surface area contributed by atoms with E-state index in [9.17, 15) is 0 Å². The van der Waals surface area contributed by atoms with Crippen LogP contribution in [0.4, 0.5) is 0 Å². The maximum Gasteiger partial charge on any atom is 0.216 e. The van der Waals surface area contributed by atoms with E-state index in [1.165, 1.54) is 6.33 Å². The van der Waals surface area contributed by atoms with E-state index in [1.807, 2.05) is 30.3 Å². The van der Waals surface area contributed by atoms with E-state index in [0.717, 1.165) is 22.2 Å². The largest absolute Gasteiger partial charge is 0.481 e. The van der Waals surface area contributed by atoms with E-state index < -0.39 is 0 Å². The summed E-state index contributed by atoms with van der Waals surface area (Å²) in [7, 11) is 1.57. The quantitative estimate of drug-likeness (QED) is 0.785. The first-order chi connectivity index (χ1) is 9.78. The Morgan fingerprint density at radius 2 is 2.00 bits per heavy atom. The lowest BCUT2D eigenvalue weighted by Crippen LogP contribution is -2.14. The van der Waals surface area contributed by atoms with Gasteiger partial charge in [0.1, 0.15) is 6.33 Å². The Kier molecular flexibility index (Phi) is 3.26. The van der Waals surface area contributed by atoms with Crippen LogP contribution in [0.25, 0.3) is 10.9 Å². The summed E-state index contributed by atoms with van der Waals surface area (Å²) in [4.78, 5) is 12.5. The Morgan fingerprint density at radius 3 is 2.85 bits per heavy atom. The Bertz CT molecular complexity index is 745. The fraction of sp³-hybridized carbons (Fsp3) is 0.133. The van der Waals surface area contributed by atoms with Gasteiger partial charge in [-0.05, 0) is 23.8 Å². The lowest BCUT2D eigenvalue weighted by atomic mass is 10.0. The topological polar surface area (TPSA) is 73.9 Å². The standard InChI is InChI=1S/C15H14N4O/c1-20-14-8-13(18-9-19-14)15(16)11-4-5-12-10(7-11)3-2-6-17-12/h2-9,15H,16H2,1H3. The van der Waals surface area contributed by atoms with Gasteiger partial charge in [0.15, 0.2) is 0 Å². The van der Waals surface area contributed by atoms with E-state index in [1.54, 1.807) is 19.4 Å². The Morgan fingerprint density at radius 1 is 1.10 bits per heavy atom. The molecule has 0 radical (unpaired) electrons. The van der Waals surface area contributed by atoms with Gasteiger partial charge in [0, 0.05) is 17.6 Å². The minimum absolute atomic E-state index is 0.323. The predicted molar refractivity (Wildman–Crippen MR) is 76.4 cm³/mol. The molecule has 3 rings (SSSR count). The van der Waals surface area contributed by atoms with E-state index in [2.05, 4.69) is 15.0 Å². The molecule has 1 atom stereocenters. The molecule has 0 aliphatic heterocycles. The van der Waals surface area contributed by atoms with Crippen LogP contribution in [0, 0.1) is 0 Å². The van der Waals surface area contributed by atoms with Gasteiger partial charge in [-0.1, -0.05) is 12.1 Å². The molecule has 5 heteroatoms. The summed E-state index contributed by atoms with van der Waals surface area (Å²) in [6, 6.07) is 11.3. The van der Waals surface area contributed by atoms with Gasteiger partial charge < -0.3 is 10.5 Å². The smallest absolute Gasteiger partial charge is 0.216 e. The molecule has 0 saturated carbocycles. The number of pyridine rings is 1. The van der Waals surface area contributed by atoms with E-state index in [4.69, 9.17) is 10.5 Å². The molecule has 0 saturated heterocycles. The monoisotopic (exact) mass is 266 g/mol. The van der Waals surface area contributed by atoms with Crippen LogP contribution < -0.4 is 10.5 Å². The van der Waals surface area contributed by atoms with Crippen molar-refractivity contribution >= 4 is 10.9 Å². The number of methoxy groups -OCH3 is 1. The van der Waals surface area contributed by atoms with E-state index >= 15 is 0 Å². The molecule has 100 valence electrons. The van der Waals surface area contributed by atoms with Crippen molar-refractivity contribution in [3.05, 3.63) is 60.2 Å². The highest BCUT2D eigenvalue weighted by molar-refractivity contribution is 5.79. The average molecular weight is 266 g/mol. The van der Waals surface area contributed by atoms with Crippen molar-refractivity contribution in [2.75, 3.05) is 7.11 Å². The minimum Gasteiger partial charge on any atom is -0.481 e. The van der Waals surface area contributed by atoms with Gasteiger partial charge in [-0.15, -0.1) is 0 Å². The van der Waals surface area contributed by atoms with Gasteiger partial charge in [0.05, 0.1) is 24.4 Å².